The van der Waals surface area contributed by atoms with Crippen LogP contribution < -0.4 is 9.62 Å². The highest BCUT2D eigenvalue weighted by molar-refractivity contribution is 7.89. The fraction of sp³-hybridized carbons (Fsp3) is 0.312. The normalized spacial score (nSPS) is 15.8. The number of carboxylic acids is 1. The number of nitrogens with zero attached hydrogens (tertiary/aromatic N) is 3. The van der Waals surface area contributed by atoms with Gasteiger partial charge in [-0.3, -0.25) is 0 Å². The first-order chi connectivity index (χ1) is 12.3. The van der Waals surface area contributed by atoms with E-state index in [0.717, 1.165) is 12.1 Å². The number of carboxylic acid groups (broad SMARTS) is 1. The monoisotopic (exact) mass is 380 g/mol. The van der Waals surface area contributed by atoms with Gasteiger partial charge in [0.2, 0.25) is 10.0 Å². The van der Waals surface area contributed by atoms with E-state index in [9.17, 15) is 17.6 Å². The van der Waals surface area contributed by atoms with Crippen molar-refractivity contribution < 1.29 is 22.7 Å². The molecule has 0 atom stereocenters. The van der Waals surface area contributed by atoms with Crippen LogP contribution in [0, 0.1) is 5.82 Å². The molecule has 0 amide bonds. The highest BCUT2D eigenvalue weighted by Gasteiger charge is 2.25. The van der Waals surface area contributed by atoms with Crippen LogP contribution in [0.2, 0.25) is 0 Å². The minimum atomic E-state index is -3.70. The Morgan fingerprint density at radius 1 is 1.15 bits per heavy atom. The van der Waals surface area contributed by atoms with E-state index < -0.39 is 21.8 Å². The van der Waals surface area contributed by atoms with Crippen LogP contribution in [0.25, 0.3) is 0 Å². The lowest BCUT2D eigenvalue weighted by Gasteiger charge is -2.32. The van der Waals surface area contributed by atoms with E-state index in [0.29, 0.717) is 31.7 Å². The summed E-state index contributed by atoms with van der Waals surface area (Å²) >= 11 is 0. The molecule has 2 N–H and O–H groups in total. The largest absolute Gasteiger partial charge is 0.476 e. The van der Waals surface area contributed by atoms with Crippen LogP contribution >= 0.6 is 0 Å². The van der Waals surface area contributed by atoms with E-state index in [1.165, 1.54) is 24.5 Å². The molecule has 1 aromatic carbocycles. The summed E-state index contributed by atoms with van der Waals surface area (Å²) in [6.07, 6.45) is 3.71. The third kappa shape index (κ3) is 4.14. The van der Waals surface area contributed by atoms with E-state index in [1.807, 2.05) is 4.90 Å². The third-order valence-corrected chi connectivity index (χ3v) is 5.66. The number of anilines is 1. The van der Waals surface area contributed by atoms with Gasteiger partial charge in [-0.25, -0.2) is 32.3 Å². The molecular formula is C16H17FN4O4S. The fourth-order valence-corrected chi connectivity index (χ4v) is 4.03. The second-order valence-corrected chi connectivity index (χ2v) is 7.62. The SMILES string of the molecule is O=C(O)c1cnc(N2CCC(NS(=O)(=O)c3ccc(F)cc3)CC2)cn1. The van der Waals surface area contributed by atoms with Crippen molar-refractivity contribution >= 4 is 21.8 Å². The molecule has 0 radical (unpaired) electrons. The predicted molar refractivity (Wildman–Crippen MR) is 90.9 cm³/mol. The molecule has 1 aliphatic heterocycles. The number of rotatable bonds is 5. The van der Waals surface area contributed by atoms with Gasteiger partial charge in [0.1, 0.15) is 11.6 Å². The van der Waals surface area contributed by atoms with Crippen LogP contribution in [0.4, 0.5) is 10.2 Å². The van der Waals surface area contributed by atoms with Gasteiger partial charge < -0.3 is 10.0 Å². The summed E-state index contributed by atoms with van der Waals surface area (Å²) in [7, 11) is -3.70. The quantitative estimate of drug-likeness (QED) is 0.803. The van der Waals surface area contributed by atoms with E-state index in [4.69, 9.17) is 5.11 Å². The standard InChI is InChI=1S/C16H17FN4O4S/c17-11-1-3-13(4-2-11)26(24,25)20-12-5-7-21(8-6-12)15-10-18-14(9-19-15)16(22)23/h1-4,9-10,12,20H,5-8H2,(H,22,23). The number of aromatic nitrogens is 2. The van der Waals surface area contributed by atoms with Gasteiger partial charge in [-0.15, -0.1) is 0 Å². The van der Waals surface area contributed by atoms with Gasteiger partial charge in [-0.1, -0.05) is 0 Å². The van der Waals surface area contributed by atoms with Crippen LogP contribution in [0.5, 0.6) is 0 Å². The molecule has 138 valence electrons. The molecule has 2 heterocycles. The van der Waals surface area contributed by atoms with Crippen molar-refractivity contribution in [3.05, 3.63) is 48.2 Å². The molecule has 1 aliphatic rings. The minimum Gasteiger partial charge on any atom is -0.476 e. The number of halogens is 1. The molecule has 26 heavy (non-hydrogen) atoms. The number of sulfonamides is 1. The first kappa shape index (κ1) is 18.2. The maximum absolute atomic E-state index is 12.9. The minimum absolute atomic E-state index is 0.0245. The van der Waals surface area contributed by atoms with Gasteiger partial charge in [-0.05, 0) is 37.1 Å². The number of aromatic carboxylic acids is 1. The number of piperidine rings is 1. The number of nitrogens with one attached hydrogen (secondary N) is 1. The Morgan fingerprint density at radius 3 is 2.35 bits per heavy atom. The number of benzene rings is 1. The Morgan fingerprint density at radius 2 is 1.81 bits per heavy atom. The van der Waals surface area contributed by atoms with Crippen LogP contribution in [0.15, 0.2) is 41.6 Å². The number of hydrogen-bond acceptors (Lipinski definition) is 6. The van der Waals surface area contributed by atoms with Gasteiger partial charge in [0.25, 0.3) is 0 Å². The zero-order valence-electron chi connectivity index (χ0n) is 13.7. The first-order valence-electron chi connectivity index (χ1n) is 7.93. The van der Waals surface area contributed by atoms with Gasteiger partial charge in [0.15, 0.2) is 5.69 Å². The maximum atomic E-state index is 12.9. The number of hydrogen-bond donors (Lipinski definition) is 2. The molecule has 0 bridgehead atoms. The van der Waals surface area contributed by atoms with Crippen molar-refractivity contribution in [2.75, 3.05) is 18.0 Å². The van der Waals surface area contributed by atoms with E-state index in [2.05, 4.69) is 14.7 Å². The average Bonchev–Trinajstić information content (AvgIpc) is 2.62. The average molecular weight is 380 g/mol. The smallest absolute Gasteiger partial charge is 0.356 e. The zero-order chi connectivity index (χ0) is 18.7. The fourth-order valence-electron chi connectivity index (χ4n) is 2.72. The topological polar surface area (TPSA) is 112 Å². The lowest BCUT2D eigenvalue weighted by molar-refractivity contribution is 0.0690. The van der Waals surface area contributed by atoms with Crippen molar-refractivity contribution in [3.8, 4) is 0 Å². The molecule has 2 aromatic rings. The molecule has 0 saturated carbocycles. The highest BCUT2D eigenvalue weighted by atomic mass is 32.2. The molecule has 8 nitrogen and oxygen atoms in total. The van der Waals surface area contributed by atoms with Crippen molar-refractivity contribution in [3.63, 3.8) is 0 Å². The van der Waals surface area contributed by atoms with Crippen LogP contribution in [-0.4, -0.2) is 48.6 Å². The second kappa shape index (κ2) is 7.34. The Hall–Kier alpha value is -2.59. The lowest BCUT2D eigenvalue weighted by atomic mass is 10.1. The summed E-state index contributed by atoms with van der Waals surface area (Å²) in [6.45, 7) is 1.11. The van der Waals surface area contributed by atoms with Gasteiger partial charge >= 0.3 is 5.97 Å². The van der Waals surface area contributed by atoms with Crippen LogP contribution in [0.1, 0.15) is 23.3 Å². The predicted octanol–water partition coefficient (Wildman–Crippen LogP) is 1.26. The third-order valence-electron chi connectivity index (χ3n) is 4.12. The van der Waals surface area contributed by atoms with E-state index >= 15 is 0 Å². The molecule has 3 rings (SSSR count). The van der Waals surface area contributed by atoms with Crippen LogP contribution in [-0.2, 0) is 10.0 Å². The van der Waals surface area contributed by atoms with Crippen molar-refractivity contribution in [2.24, 2.45) is 0 Å². The zero-order valence-corrected chi connectivity index (χ0v) is 14.5. The van der Waals surface area contributed by atoms with Gasteiger partial charge in [0, 0.05) is 19.1 Å². The summed E-state index contributed by atoms with van der Waals surface area (Å²) in [4.78, 5) is 20.7. The van der Waals surface area contributed by atoms with Crippen molar-refractivity contribution in [2.45, 2.75) is 23.8 Å². The van der Waals surface area contributed by atoms with Crippen molar-refractivity contribution in [1.82, 2.24) is 14.7 Å². The molecule has 0 spiro atoms. The Labute approximate surface area is 149 Å². The summed E-state index contributed by atoms with van der Waals surface area (Å²) in [5.74, 6) is -1.08. The molecule has 10 heteroatoms. The molecule has 1 saturated heterocycles. The molecule has 1 aromatic heterocycles. The second-order valence-electron chi connectivity index (χ2n) is 5.90. The van der Waals surface area contributed by atoms with Gasteiger partial charge in [0.05, 0.1) is 17.3 Å². The first-order valence-corrected chi connectivity index (χ1v) is 9.42. The molecule has 0 aliphatic carbocycles. The number of carbonyl (C=O) groups is 1. The Kier molecular flexibility index (Phi) is 5.14. The summed E-state index contributed by atoms with van der Waals surface area (Å²) in [5, 5.41) is 8.84. The summed E-state index contributed by atoms with van der Waals surface area (Å²) in [6, 6.07) is 4.43. The van der Waals surface area contributed by atoms with Crippen LogP contribution in [0.3, 0.4) is 0 Å². The molecular weight excluding hydrogens is 363 g/mol. The molecule has 1 fully saturated rings. The Bertz CT molecular complexity index is 879. The van der Waals surface area contributed by atoms with E-state index in [-0.39, 0.29) is 16.6 Å². The van der Waals surface area contributed by atoms with Crippen molar-refractivity contribution in [1.29, 1.82) is 0 Å². The summed E-state index contributed by atoms with van der Waals surface area (Å²) < 4.78 is 40.3. The highest BCUT2D eigenvalue weighted by Crippen LogP contribution is 2.19. The van der Waals surface area contributed by atoms with E-state index in [1.54, 1.807) is 0 Å². The lowest BCUT2D eigenvalue weighted by Crippen LogP contribution is -2.44. The summed E-state index contributed by atoms with van der Waals surface area (Å²) in [5.41, 5.74) is -0.129. The maximum Gasteiger partial charge on any atom is 0.356 e. The van der Waals surface area contributed by atoms with Gasteiger partial charge in [-0.2, -0.15) is 0 Å². The Balaban J connectivity index is 1.59. The molecule has 0 unspecified atom stereocenters.